The van der Waals surface area contributed by atoms with E-state index >= 15 is 0 Å². The van der Waals surface area contributed by atoms with E-state index in [0.717, 1.165) is 17.7 Å². The van der Waals surface area contributed by atoms with Crippen LogP contribution in [-0.2, 0) is 4.74 Å². The molecule has 0 spiro atoms. The van der Waals surface area contributed by atoms with Gasteiger partial charge in [-0.1, -0.05) is 17.7 Å². The molecule has 0 aromatic heterocycles. The summed E-state index contributed by atoms with van der Waals surface area (Å²) in [6.45, 7) is 0.433. The summed E-state index contributed by atoms with van der Waals surface area (Å²) in [5, 5.41) is 3.43. The van der Waals surface area contributed by atoms with Crippen LogP contribution in [0.5, 0.6) is 0 Å². The molecule has 0 aliphatic carbocycles. The molecule has 1 aromatic rings. The van der Waals surface area contributed by atoms with E-state index in [1.165, 1.54) is 0 Å². The first-order chi connectivity index (χ1) is 8.08. The van der Waals surface area contributed by atoms with Crippen LogP contribution < -0.4 is 10.2 Å². The van der Waals surface area contributed by atoms with Crippen molar-refractivity contribution in [3.05, 3.63) is 28.8 Å². The van der Waals surface area contributed by atoms with E-state index in [2.05, 4.69) is 5.32 Å². The third kappa shape index (κ3) is 2.64. The van der Waals surface area contributed by atoms with Gasteiger partial charge < -0.3 is 15.0 Å². The maximum Gasteiger partial charge on any atom is 0.407 e. The van der Waals surface area contributed by atoms with Gasteiger partial charge in [-0.15, -0.1) is 0 Å². The Hall–Kier alpha value is -1.42. The summed E-state index contributed by atoms with van der Waals surface area (Å²) < 4.78 is 4.83. The SMILES string of the molecule is CN(C)c1ccc([C@@H]2CCOC(=O)N2)c(Cl)c1. The minimum atomic E-state index is -0.381. The highest BCUT2D eigenvalue weighted by Crippen LogP contribution is 2.30. The molecular formula is C12H15ClN2O2. The lowest BCUT2D eigenvalue weighted by molar-refractivity contribution is 0.115. The molecule has 1 aliphatic rings. The van der Waals surface area contributed by atoms with Crippen molar-refractivity contribution < 1.29 is 9.53 Å². The molecule has 4 nitrogen and oxygen atoms in total. The number of carbonyl (C=O) groups excluding carboxylic acids is 1. The van der Waals surface area contributed by atoms with Gasteiger partial charge in [0.15, 0.2) is 0 Å². The fourth-order valence-electron chi connectivity index (χ4n) is 1.84. The lowest BCUT2D eigenvalue weighted by Gasteiger charge is -2.25. The molecule has 0 unspecified atom stereocenters. The summed E-state index contributed by atoms with van der Waals surface area (Å²) >= 11 is 6.24. The molecule has 1 N–H and O–H groups in total. The zero-order valence-electron chi connectivity index (χ0n) is 9.87. The number of hydrogen-bond donors (Lipinski definition) is 1. The number of nitrogens with one attached hydrogen (secondary N) is 1. The molecule has 17 heavy (non-hydrogen) atoms. The van der Waals surface area contributed by atoms with Crippen LogP contribution >= 0.6 is 11.6 Å². The number of halogens is 1. The van der Waals surface area contributed by atoms with Gasteiger partial charge in [0.2, 0.25) is 0 Å². The van der Waals surface area contributed by atoms with Crippen LogP contribution in [0.15, 0.2) is 18.2 Å². The van der Waals surface area contributed by atoms with Gasteiger partial charge in [-0.05, 0) is 17.7 Å². The number of rotatable bonds is 2. The summed E-state index contributed by atoms with van der Waals surface area (Å²) in [5.74, 6) is 0. The zero-order valence-corrected chi connectivity index (χ0v) is 10.6. The highest BCUT2D eigenvalue weighted by molar-refractivity contribution is 6.31. The van der Waals surface area contributed by atoms with Crippen LogP contribution in [0.25, 0.3) is 0 Å². The molecule has 1 atom stereocenters. The largest absolute Gasteiger partial charge is 0.449 e. The number of carbonyl (C=O) groups is 1. The van der Waals surface area contributed by atoms with Gasteiger partial charge in [0.05, 0.1) is 12.6 Å². The third-order valence-corrected chi connectivity index (χ3v) is 3.13. The second-order valence-corrected chi connectivity index (χ2v) is 4.63. The highest BCUT2D eigenvalue weighted by Gasteiger charge is 2.22. The maximum atomic E-state index is 11.1. The minimum Gasteiger partial charge on any atom is -0.449 e. The molecule has 0 saturated carbocycles. The van der Waals surface area contributed by atoms with Crippen LogP contribution in [0, 0.1) is 0 Å². The topological polar surface area (TPSA) is 41.6 Å². The first-order valence-electron chi connectivity index (χ1n) is 5.48. The molecule has 92 valence electrons. The lowest BCUT2D eigenvalue weighted by atomic mass is 10.0. The average Bonchev–Trinajstić information content (AvgIpc) is 2.28. The monoisotopic (exact) mass is 254 g/mol. The van der Waals surface area contributed by atoms with Gasteiger partial charge in [-0.2, -0.15) is 0 Å². The van der Waals surface area contributed by atoms with Gasteiger partial charge >= 0.3 is 6.09 Å². The quantitative estimate of drug-likeness (QED) is 0.882. The van der Waals surface area contributed by atoms with Crippen molar-refractivity contribution in [2.24, 2.45) is 0 Å². The lowest BCUT2D eigenvalue weighted by Crippen LogP contribution is -2.35. The Kier molecular flexibility index (Phi) is 3.43. The van der Waals surface area contributed by atoms with Crippen LogP contribution in [0.4, 0.5) is 10.5 Å². The molecule has 1 fully saturated rings. The van der Waals surface area contributed by atoms with Crippen molar-refractivity contribution in [1.82, 2.24) is 5.32 Å². The number of alkyl carbamates (subject to hydrolysis) is 1. The van der Waals surface area contributed by atoms with Crippen molar-refractivity contribution in [3.8, 4) is 0 Å². The summed E-state index contributed by atoms with van der Waals surface area (Å²) in [7, 11) is 3.92. The summed E-state index contributed by atoms with van der Waals surface area (Å²) in [5.41, 5.74) is 1.98. The number of hydrogen-bond acceptors (Lipinski definition) is 3. The Morgan fingerprint density at radius 1 is 1.47 bits per heavy atom. The van der Waals surface area contributed by atoms with Crippen molar-refractivity contribution in [2.75, 3.05) is 25.6 Å². The van der Waals surface area contributed by atoms with Crippen LogP contribution in [0.2, 0.25) is 5.02 Å². The Bertz CT molecular complexity index is 435. The van der Waals surface area contributed by atoms with E-state index in [0.29, 0.717) is 11.6 Å². The summed E-state index contributed by atoms with van der Waals surface area (Å²) in [6, 6.07) is 5.79. The normalized spacial score (nSPS) is 19.5. The summed E-state index contributed by atoms with van der Waals surface area (Å²) in [6.07, 6.45) is 0.362. The van der Waals surface area contributed by atoms with Gasteiger partial charge in [0.25, 0.3) is 0 Å². The fourth-order valence-corrected chi connectivity index (χ4v) is 2.14. The van der Waals surface area contributed by atoms with Gasteiger partial charge in [-0.25, -0.2) is 4.79 Å². The predicted molar refractivity (Wildman–Crippen MR) is 67.6 cm³/mol. The number of anilines is 1. The highest BCUT2D eigenvalue weighted by atomic mass is 35.5. The van der Waals surface area contributed by atoms with Crippen LogP contribution in [-0.4, -0.2) is 26.8 Å². The second-order valence-electron chi connectivity index (χ2n) is 4.22. The Morgan fingerprint density at radius 3 is 2.82 bits per heavy atom. The Balaban J connectivity index is 2.23. The van der Waals surface area contributed by atoms with Gasteiger partial charge in [0.1, 0.15) is 0 Å². The van der Waals surface area contributed by atoms with Gasteiger partial charge in [0, 0.05) is 31.2 Å². The van der Waals surface area contributed by atoms with E-state index in [1.54, 1.807) is 0 Å². The van der Waals surface area contributed by atoms with Crippen molar-refractivity contribution >= 4 is 23.4 Å². The molecule has 1 heterocycles. The number of amides is 1. The zero-order chi connectivity index (χ0) is 12.4. The third-order valence-electron chi connectivity index (χ3n) is 2.81. The average molecular weight is 255 g/mol. The smallest absolute Gasteiger partial charge is 0.407 e. The standard InChI is InChI=1S/C12H15ClN2O2/c1-15(2)8-3-4-9(10(13)7-8)11-5-6-17-12(16)14-11/h3-4,7,11H,5-6H2,1-2H3,(H,14,16)/t11-/m0/s1. The minimum absolute atomic E-state index is 0.0556. The number of nitrogens with zero attached hydrogens (tertiary/aromatic N) is 1. The number of benzene rings is 1. The van der Waals surface area contributed by atoms with E-state index < -0.39 is 0 Å². The summed E-state index contributed by atoms with van der Waals surface area (Å²) in [4.78, 5) is 13.1. The molecule has 2 rings (SSSR count). The molecule has 1 aromatic carbocycles. The molecule has 0 bridgehead atoms. The van der Waals surface area contributed by atoms with Crippen molar-refractivity contribution in [1.29, 1.82) is 0 Å². The molecule has 1 amide bonds. The van der Waals surface area contributed by atoms with Gasteiger partial charge in [-0.3, -0.25) is 0 Å². The van der Waals surface area contributed by atoms with Crippen molar-refractivity contribution in [3.63, 3.8) is 0 Å². The number of ether oxygens (including phenoxy) is 1. The maximum absolute atomic E-state index is 11.1. The van der Waals surface area contributed by atoms with E-state index in [-0.39, 0.29) is 12.1 Å². The van der Waals surface area contributed by atoms with E-state index in [1.807, 2.05) is 37.2 Å². The Labute approximate surface area is 106 Å². The molecular weight excluding hydrogens is 240 g/mol. The predicted octanol–water partition coefficient (Wildman–Crippen LogP) is 2.58. The van der Waals surface area contributed by atoms with Crippen LogP contribution in [0.1, 0.15) is 18.0 Å². The number of cyclic esters (lactones) is 1. The molecule has 0 radical (unpaired) electrons. The second kappa shape index (κ2) is 4.84. The molecule has 5 heteroatoms. The molecule has 1 saturated heterocycles. The fraction of sp³-hybridized carbons (Fsp3) is 0.417. The first kappa shape index (κ1) is 12.0. The van der Waals surface area contributed by atoms with Crippen molar-refractivity contribution in [2.45, 2.75) is 12.5 Å². The Morgan fingerprint density at radius 2 is 2.24 bits per heavy atom. The van der Waals surface area contributed by atoms with E-state index in [9.17, 15) is 4.79 Å². The first-order valence-corrected chi connectivity index (χ1v) is 5.86. The van der Waals surface area contributed by atoms with Crippen LogP contribution in [0.3, 0.4) is 0 Å². The van der Waals surface area contributed by atoms with E-state index in [4.69, 9.17) is 16.3 Å². The molecule has 1 aliphatic heterocycles.